The number of benzene rings is 1. The first-order valence-corrected chi connectivity index (χ1v) is 3.40. The molecule has 0 amide bonds. The zero-order valence-corrected chi connectivity index (χ0v) is 5.89. The van der Waals surface area contributed by atoms with Crippen molar-refractivity contribution in [3.05, 3.63) is 29.9 Å². The summed E-state index contributed by atoms with van der Waals surface area (Å²) >= 11 is 0. The first kappa shape index (κ1) is 5.72. The van der Waals surface area contributed by atoms with Crippen LogP contribution >= 0.6 is 0 Å². The molecule has 0 radical (unpaired) electrons. The molecule has 0 spiro atoms. The predicted molar refractivity (Wildman–Crippen MR) is 44.4 cm³/mol. The molecule has 1 aromatic carbocycles. The van der Waals surface area contributed by atoms with Crippen molar-refractivity contribution < 1.29 is 0 Å². The molecule has 2 heteroatoms. The van der Waals surface area contributed by atoms with Crippen molar-refractivity contribution in [3.63, 3.8) is 0 Å². The van der Waals surface area contributed by atoms with Gasteiger partial charge in [-0.05, 0) is 0 Å². The molecule has 0 unspecified atom stereocenters. The molecule has 2 rings (SSSR count). The number of fused-ring (bicyclic) bond motifs is 1. The average molecular weight is 129 g/mol. The first-order chi connectivity index (χ1) is 4.86. The van der Waals surface area contributed by atoms with E-state index in [1.54, 1.807) is 0 Å². The van der Waals surface area contributed by atoms with Gasteiger partial charge in [0.25, 0.3) is 0 Å². The molecule has 1 nitrogen and oxygen atoms in total. The van der Waals surface area contributed by atoms with Crippen LogP contribution in [0.4, 0.5) is 0 Å². The first-order valence-electron chi connectivity index (χ1n) is 3.40. The molecular formula is C8H8BN. The van der Waals surface area contributed by atoms with Crippen LogP contribution in [-0.2, 0) is 0 Å². The van der Waals surface area contributed by atoms with Crippen molar-refractivity contribution in [1.29, 1.82) is 0 Å². The molecule has 0 aliphatic heterocycles. The van der Waals surface area contributed by atoms with Crippen LogP contribution in [0.3, 0.4) is 0 Å². The molecule has 10 heavy (non-hydrogen) atoms. The third-order valence-corrected chi connectivity index (χ3v) is 1.66. The van der Waals surface area contributed by atoms with E-state index in [4.69, 9.17) is 0 Å². The van der Waals surface area contributed by atoms with Gasteiger partial charge in [-0.25, -0.2) is 0 Å². The summed E-state index contributed by atoms with van der Waals surface area (Å²) in [5.41, 5.74) is 2.45. The number of aromatic nitrogens is 1. The van der Waals surface area contributed by atoms with Crippen LogP contribution in [0.1, 0.15) is 5.59 Å². The summed E-state index contributed by atoms with van der Waals surface area (Å²) in [6.45, 7) is 4.22. The van der Waals surface area contributed by atoms with Crippen LogP contribution < -0.4 is 0 Å². The van der Waals surface area contributed by atoms with E-state index >= 15 is 0 Å². The molecule has 0 fully saturated rings. The summed E-state index contributed by atoms with van der Waals surface area (Å²) < 4.78 is 0. The van der Waals surface area contributed by atoms with Crippen molar-refractivity contribution in [2.75, 3.05) is 0 Å². The summed E-state index contributed by atoms with van der Waals surface area (Å²) in [5.74, 6) is 0. The fourth-order valence-corrected chi connectivity index (χ4v) is 1.22. The Bertz CT molecular complexity index is 318. The van der Waals surface area contributed by atoms with Gasteiger partial charge in [0.05, 0.1) is 0 Å². The number of rotatable bonds is 0. The Morgan fingerprint density at radius 2 is 2.10 bits per heavy atom. The molecule has 0 saturated heterocycles. The second kappa shape index (κ2) is 1.98. The maximum atomic E-state index is 3.26. The summed E-state index contributed by atoms with van der Waals surface area (Å²) in [7, 11) is 0. The SMILES string of the molecule is Cc1bc2ccccc2[nH]1. The van der Waals surface area contributed by atoms with Crippen LogP contribution in [0.25, 0.3) is 10.8 Å². The van der Waals surface area contributed by atoms with Gasteiger partial charge in [0.15, 0.2) is 0 Å². The topological polar surface area (TPSA) is 15.8 Å². The van der Waals surface area contributed by atoms with Gasteiger partial charge in [-0.3, -0.25) is 0 Å². The van der Waals surface area contributed by atoms with Gasteiger partial charge in [-0.15, -0.1) is 0 Å². The van der Waals surface area contributed by atoms with E-state index in [2.05, 4.69) is 37.0 Å². The predicted octanol–water partition coefficient (Wildman–Crippen LogP) is 1.81. The fraction of sp³-hybridized carbons (Fsp3) is 0.125. The van der Waals surface area contributed by atoms with E-state index < -0.39 is 0 Å². The molecular weight excluding hydrogens is 121 g/mol. The van der Waals surface area contributed by atoms with Crippen molar-refractivity contribution in [2.24, 2.45) is 0 Å². The molecule has 48 valence electrons. The molecule has 0 aliphatic rings. The van der Waals surface area contributed by atoms with E-state index in [1.165, 1.54) is 16.4 Å². The van der Waals surface area contributed by atoms with Crippen LogP contribution in [0.2, 0.25) is 0 Å². The number of H-pyrrole nitrogens is 1. The quantitative estimate of drug-likeness (QED) is 0.558. The maximum absolute atomic E-state index is 3.26. The van der Waals surface area contributed by atoms with E-state index in [9.17, 15) is 0 Å². The molecule has 1 N–H and O–H groups in total. The van der Waals surface area contributed by atoms with E-state index in [-0.39, 0.29) is 0 Å². The van der Waals surface area contributed by atoms with Crippen molar-refractivity contribution in [3.8, 4) is 0 Å². The zero-order chi connectivity index (χ0) is 6.97. The van der Waals surface area contributed by atoms with Gasteiger partial charge in [0, 0.05) is 0 Å². The van der Waals surface area contributed by atoms with E-state index in [1.807, 2.05) is 6.07 Å². The van der Waals surface area contributed by atoms with Gasteiger partial charge in [0.2, 0.25) is 0 Å². The summed E-state index contributed by atoms with van der Waals surface area (Å²) in [6.07, 6.45) is 0. The molecule has 0 aliphatic carbocycles. The molecule has 0 atom stereocenters. The van der Waals surface area contributed by atoms with Gasteiger partial charge in [0.1, 0.15) is 0 Å². The number of hydrogen-bond acceptors (Lipinski definition) is 0. The third-order valence-electron chi connectivity index (χ3n) is 1.66. The van der Waals surface area contributed by atoms with Crippen LogP contribution in [-0.4, -0.2) is 11.9 Å². The Balaban J connectivity index is 2.88. The van der Waals surface area contributed by atoms with Gasteiger partial charge >= 0.3 is 59.5 Å². The van der Waals surface area contributed by atoms with Crippen LogP contribution in [0.15, 0.2) is 24.3 Å². The van der Waals surface area contributed by atoms with Crippen molar-refractivity contribution in [2.45, 2.75) is 6.92 Å². The minimum absolute atomic E-state index is 1.22. The number of aromatic amines is 1. The molecule has 0 bridgehead atoms. The average Bonchev–Trinajstić information content (AvgIpc) is 2.27. The van der Waals surface area contributed by atoms with Crippen molar-refractivity contribution in [1.82, 2.24) is 4.98 Å². The molecule has 1 heterocycles. The van der Waals surface area contributed by atoms with Gasteiger partial charge in [-0.2, -0.15) is 0 Å². The number of para-hydroxylation sites is 1. The zero-order valence-electron chi connectivity index (χ0n) is 5.89. The Labute approximate surface area is 60.3 Å². The standard InChI is InChI=1S/C8H8BN/c1-6-9-7-4-2-3-5-8(7)10-6/h2-5,10H,1H3. The Hall–Kier alpha value is -1.05. The summed E-state index contributed by atoms with van der Waals surface area (Å²) in [6, 6.07) is 8.29. The summed E-state index contributed by atoms with van der Waals surface area (Å²) in [5, 5.41) is 1.29. The monoisotopic (exact) mass is 129 g/mol. The Morgan fingerprint density at radius 3 is 2.90 bits per heavy atom. The number of nitrogens with one attached hydrogen (secondary N) is 1. The third kappa shape index (κ3) is 0.765. The van der Waals surface area contributed by atoms with E-state index in [0.717, 1.165) is 0 Å². The normalized spacial score (nSPS) is 10.1. The minimum atomic E-state index is 1.22. The molecule has 2 aromatic rings. The summed E-state index contributed by atoms with van der Waals surface area (Å²) in [4.78, 5) is 3.26. The number of hydrogen-bond donors (Lipinski definition) is 1. The number of aryl methyl sites for hydroxylation is 1. The van der Waals surface area contributed by atoms with Crippen LogP contribution in [0.5, 0.6) is 0 Å². The van der Waals surface area contributed by atoms with Crippen molar-refractivity contribution >= 4 is 17.7 Å². The van der Waals surface area contributed by atoms with Crippen LogP contribution in [0, 0.1) is 6.92 Å². The molecule has 1 aromatic heterocycles. The fourth-order valence-electron chi connectivity index (χ4n) is 1.22. The second-order valence-electron chi connectivity index (χ2n) is 2.54. The molecule has 0 saturated carbocycles. The van der Waals surface area contributed by atoms with E-state index in [0.29, 0.717) is 0 Å². The Morgan fingerprint density at radius 1 is 1.30 bits per heavy atom. The van der Waals surface area contributed by atoms with Gasteiger partial charge < -0.3 is 0 Å². The van der Waals surface area contributed by atoms with Gasteiger partial charge in [-0.1, -0.05) is 0 Å². The second-order valence-corrected chi connectivity index (χ2v) is 2.54. The Kier molecular flexibility index (Phi) is 1.13.